The zero-order chi connectivity index (χ0) is 33.3. The fraction of sp³-hybridized carbons (Fsp3) is 0.348. The fourth-order valence-electron chi connectivity index (χ4n) is 10.2. The van der Waals surface area contributed by atoms with Gasteiger partial charge in [0.2, 0.25) is 0 Å². The summed E-state index contributed by atoms with van der Waals surface area (Å²) >= 11 is 0. The van der Waals surface area contributed by atoms with Gasteiger partial charge < -0.3 is 0 Å². The van der Waals surface area contributed by atoms with Crippen molar-refractivity contribution in [1.29, 1.82) is 0 Å². The van der Waals surface area contributed by atoms with Crippen LogP contribution in [0.15, 0.2) is 0 Å². The van der Waals surface area contributed by atoms with E-state index in [0.717, 1.165) is 0 Å². The molecule has 0 N–H and O–H groups in total. The number of hydrogen-bond acceptors (Lipinski definition) is 0. The average Bonchev–Trinajstić information content (AvgIpc) is 3.02. The van der Waals surface area contributed by atoms with Crippen molar-refractivity contribution in [2.75, 3.05) is 0 Å². The molecule has 0 radical (unpaired) electrons. The molecule has 8 aromatic rings. The number of rotatable bonds is 0. The van der Waals surface area contributed by atoms with Gasteiger partial charge in [-0.25, -0.2) is 0 Å². The Bertz CT molecular complexity index is 2390. The molecule has 0 aliphatic heterocycles. The standard InChI is InChI=1S/C46H48/c1-17-21(5)33-22(6)18(2)26(10)36-40-31(15)32(16)42-38-28(12)20(4)24(8)34-23(7)19(3)27(11)37(44(34)38)41-30(14)29(13)39(45(40)46(41)42)35(25(17)9)43(33)36/h1-16H3. The predicted octanol–water partition coefficient (Wildman–Crippen LogP) is 13.6. The van der Waals surface area contributed by atoms with Crippen LogP contribution < -0.4 is 0 Å². The Hall–Kier alpha value is -3.90. The molecule has 0 nitrogen and oxygen atoms in total. The third kappa shape index (κ3) is 2.95. The SMILES string of the molecule is Cc1c(C)c2c(C)c(C)c(C)c3c4c(C)c(C)c5c6c(C)c(C)c(C)c7c(C)c(C)c(C)c(c8c(C)c(C)c(c(c1C)c23)c4c85)c76. The van der Waals surface area contributed by atoms with Gasteiger partial charge in [-0.15, -0.1) is 0 Å². The summed E-state index contributed by atoms with van der Waals surface area (Å²) in [7, 11) is 0. The summed E-state index contributed by atoms with van der Waals surface area (Å²) in [4.78, 5) is 0. The Morgan fingerprint density at radius 3 is 0.391 bits per heavy atom. The maximum Gasteiger partial charge on any atom is -0.000793 e. The van der Waals surface area contributed by atoms with E-state index in [-0.39, 0.29) is 0 Å². The van der Waals surface area contributed by atoms with E-state index < -0.39 is 0 Å². The van der Waals surface area contributed by atoms with Gasteiger partial charge in [0.15, 0.2) is 0 Å². The van der Waals surface area contributed by atoms with E-state index >= 15 is 0 Å². The van der Waals surface area contributed by atoms with E-state index in [4.69, 9.17) is 0 Å². The summed E-state index contributed by atoms with van der Waals surface area (Å²) in [6, 6.07) is 0. The highest BCUT2D eigenvalue weighted by atomic mass is 14.3. The molecule has 0 saturated carbocycles. The van der Waals surface area contributed by atoms with Crippen molar-refractivity contribution in [2.45, 2.75) is 111 Å². The molecular formula is C46H48. The van der Waals surface area contributed by atoms with Crippen molar-refractivity contribution in [3.8, 4) is 0 Å². The van der Waals surface area contributed by atoms with Gasteiger partial charge in [-0.1, -0.05) is 0 Å². The van der Waals surface area contributed by atoms with Gasteiger partial charge in [-0.2, -0.15) is 0 Å². The minimum atomic E-state index is 1.44. The lowest BCUT2D eigenvalue weighted by Gasteiger charge is -2.30. The molecule has 232 valence electrons. The highest BCUT2D eigenvalue weighted by Gasteiger charge is 2.30. The fourth-order valence-corrected chi connectivity index (χ4v) is 10.2. The first-order valence-corrected chi connectivity index (χ1v) is 17.2. The average molecular weight is 601 g/mol. The Morgan fingerprint density at radius 1 is 0.109 bits per heavy atom. The van der Waals surface area contributed by atoms with Crippen LogP contribution in [0.25, 0.3) is 75.4 Å². The van der Waals surface area contributed by atoms with Crippen LogP contribution in [0.5, 0.6) is 0 Å². The third-order valence-electron chi connectivity index (χ3n) is 13.9. The molecule has 0 atom stereocenters. The lowest BCUT2D eigenvalue weighted by Crippen LogP contribution is -2.06. The zero-order valence-corrected chi connectivity index (χ0v) is 31.0. The van der Waals surface area contributed by atoms with Crippen LogP contribution in [0, 0.1) is 111 Å². The molecule has 0 spiro atoms. The van der Waals surface area contributed by atoms with Crippen molar-refractivity contribution in [3.05, 3.63) is 89.0 Å². The summed E-state index contributed by atoms with van der Waals surface area (Å²) in [5.41, 5.74) is 23.1. The van der Waals surface area contributed by atoms with E-state index in [1.165, 1.54) is 164 Å². The van der Waals surface area contributed by atoms with Crippen molar-refractivity contribution >= 4 is 75.4 Å². The minimum Gasteiger partial charge on any atom is -0.0440 e. The molecule has 0 bridgehead atoms. The minimum absolute atomic E-state index is 1.44. The van der Waals surface area contributed by atoms with Gasteiger partial charge in [0.1, 0.15) is 0 Å². The van der Waals surface area contributed by atoms with Crippen molar-refractivity contribution < 1.29 is 0 Å². The van der Waals surface area contributed by atoms with Crippen LogP contribution in [-0.2, 0) is 0 Å². The number of fused-ring (bicyclic) bond motifs is 4. The Balaban J connectivity index is 1.94. The van der Waals surface area contributed by atoms with Crippen LogP contribution >= 0.6 is 0 Å². The van der Waals surface area contributed by atoms with Gasteiger partial charge in [0.05, 0.1) is 0 Å². The van der Waals surface area contributed by atoms with Crippen molar-refractivity contribution in [2.24, 2.45) is 0 Å². The lowest BCUT2D eigenvalue weighted by atomic mass is 9.73. The maximum atomic E-state index is 2.42. The molecule has 0 heteroatoms. The molecule has 46 heavy (non-hydrogen) atoms. The number of hydrogen-bond donors (Lipinski definition) is 0. The molecule has 0 unspecified atom stereocenters. The molecule has 0 amide bonds. The highest BCUT2D eigenvalue weighted by molar-refractivity contribution is 6.46. The molecule has 8 rings (SSSR count). The summed E-state index contributed by atoms with van der Waals surface area (Å²) < 4.78 is 0. The Kier molecular flexibility index (Phi) is 5.72. The predicted molar refractivity (Wildman–Crippen MR) is 207 cm³/mol. The molecular weight excluding hydrogens is 553 g/mol. The van der Waals surface area contributed by atoms with Crippen LogP contribution in [-0.4, -0.2) is 0 Å². The smallest absolute Gasteiger partial charge is 0.000793 e. The Labute approximate surface area is 274 Å². The maximum absolute atomic E-state index is 2.42. The molecule has 8 aromatic carbocycles. The Morgan fingerprint density at radius 2 is 0.217 bits per heavy atom. The second-order valence-electron chi connectivity index (χ2n) is 15.2. The summed E-state index contributed by atoms with van der Waals surface area (Å²) in [5.74, 6) is 0. The summed E-state index contributed by atoms with van der Waals surface area (Å²) in [6.07, 6.45) is 0. The summed E-state index contributed by atoms with van der Waals surface area (Å²) in [6.45, 7) is 38.1. The number of aryl methyl sites for hydroxylation is 12. The first kappa shape index (κ1) is 29.5. The molecule has 0 aromatic heterocycles. The second kappa shape index (κ2) is 8.92. The monoisotopic (exact) mass is 600 g/mol. The zero-order valence-electron chi connectivity index (χ0n) is 31.0. The largest absolute Gasteiger partial charge is 0.0440 e. The molecule has 0 aliphatic carbocycles. The molecule has 0 heterocycles. The second-order valence-corrected chi connectivity index (χ2v) is 15.2. The molecule has 0 aliphatic rings. The third-order valence-corrected chi connectivity index (χ3v) is 13.9. The van der Waals surface area contributed by atoms with E-state index in [2.05, 4.69) is 111 Å². The van der Waals surface area contributed by atoms with Crippen molar-refractivity contribution in [3.63, 3.8) is 0 Å². The van der Waals surface area contributed by atoms with E-state index in [0.29, 0.717) is 0 Å². The van der Waals surface area contributed by atoms with E-state index in [1.54, 1.807) is 0 Å². The van der Waals surface area contributed by atoms with Gasteiger partial charge in [-0.3, -0.25) is 0 Å². The molecule has 0 fully saturated rings. The van der Waals surface area contributed by atoms with E-state index in [9.17, 15) is 0 Å². The van der Waals surface area contributed by atoms with Crippen LogP contribution in [0.2, 0.25) is 0 Å². The van der Waals surface area contributed by atoms with Gasteiger partial charge >= 0.3 is 0 Å². The van der Waals surface area contributed by atoms with Crippen molar-refractivity contribution in [1.82, 2.24) is 0 Å². The first-order valence-electron chi connectivity index (χ1n) is 17.2. The van der Waals surface area contributed by atoms with Gasteiger partial charge in [0, 0.05) is 0 Å². The van der Waals surface area contributed by atoms with Gasteiger partial charge in [0.25, 0.3) is 0 Å². The quantitative estimate of drug-likeness (QED) is 0.120. The van der Waals surface area contributed by atoms with Crippen LogP contribution in [0.3, 0.4) is 0 Å². The van der Waals surface area contributed by atoms with Gasteiger partial charge in [-0.05, 0) is 275 Å². The number of benzene rings is 8. The summed E-state index contributed by atoms with van der Waals surface area (Å²) in [5, 5.41) is 20.8. The normalized spacial score (nSPS) is 12.8. The first-order chi connectivity index (χ1) is 21.6. The molecule has 0 saturated heterocycles. The lowest BCUT2D eigenvalue weighted by molar-refractivity contribution is 1.27. The van der Waals surface area contributed by atoms with Crippen LogP contribution in [0.4, 0.5) is 0 Å². The van der Waals surface area contributed by atoms with E-state index in [1.807, 2.05) is 0 Å². The highest BCUT2D eigenvalue weighted by Crippen LogP contribution is 2.56. The topological polar surface area (TPSA) is 0 Å². The van der Waals surface area contributed by atoms with Crippen LogP contribution in [0.1, 0.15) is 89.0 Å².